The molecule has 3 nitrogen and oxygen atoms in total. The maximum absolute atomic E-state index is 11.1. The molecule has 0 saturated carbocycles. The third-order valence-electron chi connectivity index (χ3n) is 2.60. The van der Waals surface area contributed by atoms with Crippen LogP contribution in [-0.4, -0.2) is 16.1 Å². The van der Waals surface area contributed by atoms with Crippen molar-refractivity contribution in [2.24, 2.45) is 0 Å². The quantitative estimate of drug-likeness (QED) is 0.794. The van der Waals surface area contributed by atoms with Crippen molar-refractivity contribution in [1.82, 2.24) is 9.78 Å². The van der Waals surface area contributed by atoms with Gasteiger partial charge in [0, 0.05) is 4.47 Å². The molecule has 1 aromatic carbocycles. The Balaban J connectivity index is 2.54. The van der Waals surface area contributed by atoms with Crippen LogP contribution in [0.4, 0.5) is 0 Å². The van der Waals surface area contributed by atoms with E-state index in [2.05, 4.69) is 21.0 Å². The summed E-state index contributed by atoms with van der Waals surface area (Å²) in [5, 5.41) is 4.78. The molecule has 0 radical (unpaired) electrons. The summed E-state index contributed by atoms with van der Waals surface area (Å²) in [5.41, 5.74) is 2.07. The molecule has 1 heterocycles. The highest BCUT2D eigenvalue weighted by Crippen LogP contribution is 2.24. The third kappa shape index (κ3) is 2.49. The Morgan fingerprint density at radius 1 is 1.50 bits per heavy atom. The minimum absolute atomic E-state index is 0.367. The van der Waals surface area contributed by atoms with E-state index in [9.17, 15) is 4.79 Å². The SMILES string of the molecule is CCCc1nn(-c2cccc(Br)c2)c(Cl)c1C=O. The second-order valence-corrected chi connectivity index (χ2v) is 5.18. The molecular weight excluding hydrogens is 316 g/mol. The van der Waals surface area contributed by atoms with Gasteiger partial charge >= 0.3 is 0 Å². The number of aromatic nitrogens is 2. The molecule has 0 unspecified atom stereocenters. The molecule has 0 spiro atoms. The summed E-state index contributed by atoms with van der Waals surface area (Å²) < 4.78 is 2.54. The molecule has 0 amide bonds. The van der Waals surface area contributed by atoms with Crippen LogP contribution in [0.3, 0.4) is 0 Å². The van der Waals surface area contributed by atoms with Gasteiger partial charge in [-0.05, 0) is 24.6 Å². The molecule has 2 rings (SSSR count). The Hall–Kier alpha value is -1.13. The van der Waals surface area contributed by atoms with E-state index in [1.54, 1.807) is 4.68 Å². The lowest BCUT2D eigenvalue weighted by Crippen LogP contribution is -1.97. The zero-order valence-corrected chi connectivity index (χ0v) is 12.2. The fourth-order valence-electron chi connectivity index (χ4n) is 1.77. The normalized spacial score (nSPS) is 10.6. The molecule has 2 aromatic rings. The summed E-state index contributed by atoms with van der Waals surface area (Å²) in [6, 6.07) is 7.63. The van der Waals surface area contributed by atoms with Gasteiger partial charge in [0.1, 0.15) is 5.15 Å². The van der Waals surface area contributed by atoms with Crippen molar-refractivity contribution in [1.29, 1.82) is 0 Å². The molecule has 0 aliphatic heterocycles. The van der Waals surface area contributed by atoms with Gasteiger partial charge in [0.25, 0.3) is 0 Å². The fourth-order valence-corrected chi connectivity index (χ4v) is 2.44. The molecule has 0 aliphatic rings. The number of aldehydes is 1. The minimum Gasteiger partial charge on any atom is -0.298 e. The smallest absolute Gasteiger partial charge is 0.155 e. The molecule has 5 heteroatoms. The van der Waals surface area contributed by atoms with Gasteiger partial charge < -0.3 is 0 Å². The van der Waals surface area contributed by atoms with Crippen LogP contribution >= 0.6 is 27.5 Å². The summed E-state index contributed by atoms with van der Waals surface area (Å²) in [7, 11) is 0. The number of carbonyl (C=O) groups excluding carboxylic acids is 1. The molecular formula is C13H12BrClN2O. The number of hydrogen-bond donors (Lipinski definition) is 0. The van der Waals surface area contributed by atoms with Gasteiger partial charge in [-0.25, -0.2) is 4.68 Å². The summed E-state index contributed by atoms with van der Waals surface area (Å²) in [4.78, 5) is 11.1. The van der Waals surface area contributed by atoms with E-state index in [-0.39, 0.29) is 0 Å². The summed E-state index contributed by atoms with van der Waals surface area (Å²) >= 11 is 9.61. The number of hydrogen-bond acceptors (Lipinski definition) is 2. The van der Waals surface area contributed by atoms with Crippen LogP contribution in [0.25, 0.3) is 5.69 Å². The molecule has 1 aromatic heterocycles. The predicted molar refractivity (Wildman–Crippen MR) is 75.7 cm³/mol. The first-order valence-corrected chi connectivity index (χ1v) is 6.83. The molecule has 0 aliphatic carbocycles. The summed E-state index contributed by atoms with van der Waals surface area (Å²) in [5.74, 6) is 0. The molecule has 0 saturated heterocycles. The van der Waals surface area contributed by atoms with Crippen molar-refractivity contribution in [2.45, 2.75) is 19.8 Å². The van der Waals surface area contributed by atoms with Crippen molar-refractivity contribution in [3.8, 4) is 5.69 Å². The van der Waals surface area contributed by atoms with Crippen molar-refractivity contribution in [3.05, 3.63) is 45.1 Å². The van der Waals surface area contributed by atoms with Gasteiger partial charge in [-0.15, -0.1) is 0 Å². The lowest BCUT2D eigenvalue weighted by atomic mass is 10.2. The topological polar surface area (TPSA) is 34.9 Å². The number of nitrogens with zero attached hydrogens (tertiary/aromatic N) is 2. The zero-order chi connectivity index (χ0) is 13.1. The van der Waals surface area contributed by atoms with Crippen molar-refractivity contribution >= 4 is 33.8 Å². The maximum Gasteiger partial charge on any atom is 0.155 e. The second-order valence-electron chi connectivity index (χ2n) is 3.91. The van der Waals surface area contributed by atoms with E-state index >= 15 is 0 Å². The van der Waals surface area contributed by atoms with Gasteiger partial charge in [0.05, 0.1) is 16.9 Å². The number of carbonyl (C=O) groups is 1. The van der Waals surface area contributed by atoms with E-state index in [1.807, 2.05) is 31.2 Å². The Kier molecular flexibility index (Phi) is 4.19. The third-order valence-corrected chi connectivity index (χ3v) is 3.45. The van der Waals surface area contributed by atoms with E-state index < -0.39 is 0 Å². The van der Waals surface area contributed by atoms with E-state index in [1.165, 1.54) is 0 Å². The number of rotatable bonds is 4. The first-order chi connectivity index (χ1) is 8.67. The van der Waals surface area contributed by atoms with Gasteiger partial charge in [-0.1, -0.05) is 46.9 Å². The number of aryl methyl sites for hydroxylation is 1. The molecule has 0 bridgehead atoms. The van der Waals surface area contributed by atoms with Gasteiger partial charge in [0.2, 0.25) is 0 Å². The first-order valence-electron chi connectivity index (χ1n) is 5.66. The second kappa shape index (κ2) is 5.67. The predicted octanol–water partition coefficient (Wildman–Crippen LogP) is 4.05. The summed E-state index contributed by atoms with van der Waals surface area (Å²) in [6.07, 6.45) is 2.44. The van der Waals surface area contributed by atoms with Crippen LogP contribution in [0.15, 0.2) is 28.7 Å². The Labute approximate surface area is 119 Å². The number of halogens is 2. The van der Waals surface area contributed by atoms with Gasteiger partial charge in [-0.3, -0.25) is 4.79 Å². The van der Waals surface area contributed by atoms with Crippen LogP contribution in [0.2, 0.25) is 5.15 Å². The van der Waals surface area contributed by atoms with Crippen LogP contribution < -0.4 is 0 Å². The lowest BCUT2D eigenvalue weighted by molar-refractivity contribution is 0.112. The fraction of sp³-hybridized carbons (Fsp3) is 0.231. The standard InChI is InChI=1S/C13H12BrClN2O/c1-2-4-12-11(8-18)13(15)17(16-12)10-6-3-5-9(14)7-10/h3,5-8H,2,4H2,1H3. The molecule has 0 N–H and O–H groups in total. The minimum atomic E-state index is 0.367. The average molecular weight is 328 g/mol. The van der Waals surface area contributed by atoms with Crippen molar-refractivity contribution < 1.29 is 4.79 Å². The van der Waals surface area contributed by atoms with E-state index in [0.29, 0.717) is 10.7 Å². The van der Waals surface area contributed by atoms with Crippen molar-refractivity contribution in [2.75, 3.05) is 0 Å². The maximum atomic E-state index is 11.1. The Morgan fingerprint density at radius 3 is 2.89 bits per heavy atom. The van der Waals surface area contributed by atoms with Gasteiger partial charge in [0.15, 0.2) is 6.29 Å². The largest absolute Gasteiger partial charge is 0.298 e. The molecule has 94 valence electrons. The first kappa shape index (κ1) is 13.3. The molecule has 0 fully saturated rings. The van der Waals surface area contributed by atoms with Gasteiger partial charge in [-0.2, -0.15) is 5.10 Å². The average Bonchev–Trinajstić information content (AvgIpc) is 2.66. The van der Waals surface area contributed by atoms with Crippen LogP contribution in [-0.2, 0) is 6.42 Å². The highest BCUT2D eigenvalue weighted by atomic mass is 79.9. The summed E-state index contributed by atoms with van der Waals surface area (Å²) in [6.45, 7) is 2.04. The van der Waals surface area contributed by atoms with Crippen LogP contribution in [0.1, 0.15) is 29.4 Å². The Bertz CT molecular complexity index is 580. The zero-order valence-electron chi connectivity index (χ0n) is 9.86. The lowest BCUT2D eigenvalue weighted by Gasteiger charge is -2.03. The Morgan fingerprint density at radius 2 is 2.28 bits per heavy atom. The van der Waals surface area contributed by atoms with Crippen LogP contribution in [0.5, 0.6) is 0 Å². The molecule has 18 heavy (non-hydrogen) atoms. The van der Waals surface area contributed by atoms with E-state index in [4.69, 9.17) is 11.6 Å². The highest BCUT2D eigenvalue weighted by Gasteiger charge is 2.16. The highest BCUT2D eigenvalue weighted by molar-refractivity contribution is 9.10. The monoisotopic (exact) mass is 326 g/mol. The molecule has 0 atom stereocenters. The van der Waals surface area contributed by atoms with E-state index in [0.717, 1.165) is 35.0 Å². The van der Waals surface area contributed by atoms with Crippen LogP contribution in [0, 0.1) is 0 Å². The van der Waals surface area contributed by atoms with Crippen molar-refractivity contribution in [3.63, 3.8) is 0 Å². The number of benzene rings is 1.